The average molecular weight is 441 g/mol. The number of rotatable bonds is 2. The summed E-state index contributed by atoms with van der Waals surface area (Å²) in [7, 11) is 0. The third-order valence-electron chi connectivity index (χ3n) is 5.90. The lowest BCUT2D eigenvalue weighted by molar-refractivity contribution is -0.122. The Kier molecular flexibility index (Phi) is 4.48. The number of benzene rings is 2. The molecule has 5 nitrogen and oxygen atoms in total. The predicted molar refractivity (Wildman–Crippen MR) is 109 cm³/mol. The molecule has 0 aromatic heterocycles. The molecule has 144 valence electrons. The smallest absolute Gasteiger partial charge is 0.296 e. The number of amidine groups is 1. The normalized spacial score (nSPS) is 22.9. The molecule has 1 atom stereocenters. The van der Waals surface area contributed by atoms with Gasteiger partial charge in [-0.1, -0.05) is 52.3 Å². The molecule has 3 aliphatic rings. The van der Waals surface area contributed by atoms with Crippen LogP contribution in [0.2, 0.25) is 0 Å². The summed E-state index contributed by atoms with van der Waals surface area (Å²) in [4.78, 5) is 18.6. The molecule has 1 unspecified atom stereocenters. The lowest BCUT2D eigenvalue weighted by Crippen LogP contribution is -2.45. The highest BCUT2D eigenvalue weighted by Gasteiger charge is 2.44. The minimum Gasteiger partial charge on any atom is -0.451 e. The van der Waals surface area contributed by atoms with E-state index in [9.17, 15) is 4.79 Å². The summed E-state index contributed by atoms with van der Waals surface area (Å²) in [6.07, 6.45) is 1.76. The van der Waals surface area contributed by atoms with Crippen LogP contribution in [-0.2, 0) is 32.9 Å². The molecule has 3 aliphatic heterocycles. The van der Waals surface area contributed by atoms with E-state index < -0.39 is 6.10 Å². The maximum Gasteiger partial charge on any atom is 0.296 e. The van der Waals surface area contributed by atoms with Crippen LogP contribution in [0.4, 0.5) is 0 Å². The van der Waals surface area contributed by atoms with Crippen LogP contribution in [0.3, 0.4) is 0 Å². The summed E-state index contributed by atoms with van der Waals surface area (Å²) in [5.41, 5.74) is 3.41. The number of hydrogen-bond donors (Lipinski definition) is 0. The number of aliphatic imine (C=N–C) groups is 1. The Bertz CT molecular complexity index is 936. The molecule has 0 aliphatic carbocycles. The summed E-state index contributed by atoms with van der Waals surface area (Å²) < 4.78 is 13.3. The Hall–Kier alpha value is -2.18. The minimum atomic E-state index is -0.519. The molecule has 1 fully saturated rings. The van der Waals surface area contributed by atoms with Gasteiger partial charge in [0.2, 0.25) is 0 Å². The summed E-state index contributed by atoms with van der Waals surface area (Å²) in [6.45, 7) is 2.18. The Morgan fingerprint density at radius 2 is 1.93 bits per heavy atom. The fourth-order valence-electron chi connectivity index (χ4n) is 4.37. The third-order valence-corrected chi connectivity index (χ3v) is 6.39. The number of fused-ring (bicyclic) bond motifs is 2. The SMILES string of the molecule is O=C1N=C(N2CCC3(CC2)OCc2cc(Br)ccc23)OC1Cc1ccccc1. The van der Waals surface area contributed by atoms with E-state index >= 15 is 0 Å². The van der Waals surface area contributed by atoms with E-state index in [-0.39, 0.29) is 11.5 Å². The van der Waals surface area contributed by atoms with Crippen molar-refractivity contribution in [2.45, 2.75) is 37.6 Å². The molecule has 3 heterocycles. The minimum absolute atomic E-state index is 0.188. The number of likely N-dealkylation sites (tertiary alicyclic amines) is 1. The molecule has 0 N–H and O–H groups in total. The van der Waals surface area contributed by atoms with Gasteiger partial charge in [0.25, 0.3) is 11.9 Å². The number of hydrogen-bond acceptors (Lipinski definition) is 4. The van der Waals surface area contributed by atoms with Gasteiger partial charge in [0, 0.05) is 24.0 Å². The molecule has 0 saturated carbocycles. The maximum absolute atomic E-state index is 12.3. The van der Waals surface area contributed by atoms with Crippen LogP contribution in [0.5, 0.6) is 0 Å². The third kappa shape index (κ3) is 3.14. The van der Waals surface area contributed by atoms with E-state index in [1.165, 1.54) is 11.1 Å². The van der Waals surface area contributed by atoms with E-state index in [1.807, 2.05) is 30.3 Å². The van der Waals surface area contributed by atoms with Crippen LogP contribution >= 0.6 is 15.9 Å². The first-order valence-corrected chi connectivity index (χ1v) is 10.4. The van der Waals surface area contributed by atoms with Crippen molar-refractivity contribution in [3.05, 3.63) is 69.7 Å². The van der Waals surface area contributed by atoms with Crippen LogP contribution < -0.4 is 0 Å². The average Bonchev–Trinajstić information content (AvgIpc) is 3.24. The molecule has 1 saturated heterocycles. The van der Waals surface area contributed by atoms with Crippen molar-refractivity contribution in [3.63, 3.8) is 0 Å². The first kappa shape index (κ1) is 17.9. The van der Waals surface area contributed by atoms with Gasteiger partial charge in [0.15, 0.2) is 6.10 Å². The van der Waals surface area contributed by atoms with Crippen LogP contribution in [-0.4, -0.2) is 36.0 Å². The molecule has 5 rings (SSSR count). The van der Waals surface area contributed by atoms with Gasteiger partial charge in [-0.05, 0) is 41.7 Å². The van der Waals surface area contributed by atoms with Gasteiger partial charge in [-0.3, -0.25) is 4.79 Å². The lowest BCUT2D eigenvalue weighted by atomic mass is 9.84. The van der Waals surface area contributed by atoms with Crippen molar-refractivity contribution < 1.29 is 14.3 Å². The van der Waals surface area contributed by atoms with Crippen molar-refractivity contribution in [3.8, 4) is 0 Å². The van der Waals surface area contributed by atoms with Gasteiger partial charge < -0.3 is 14.4 Å². The first-order chi connectivity index (χ1) is 13.6. The highest BCUT2D eigenvalue weighted by molar-refractivity contribution is 9.10. The number of amides is 1. The van der Waals surface area contributed by atoms with Crippen LogP contribution in [0, 0.1) is 0 Å². The number of carbonyl (C=O) groups is 1. The number of piperidine rings is 1. The van der Waals surface area contributed by atoms with E-state index in [0.29, 0.717) is 19.0 Å². The molecule has 1 spiro atoms. The van der Waals surface area contributed by atoms with E-state index in [4.69, 9.17) is 9.47 Å². The number of carbonyl (C=O) groups excluding carboxylic acids is 1. The Balaban J connectivity index is 1.25. The van der Waals surface area contributed by atoms with Crippen LogP contribution in [0.1, 0.15) is 29.5 Å². The van der Waals surface area contributed by atoms with Gasteiger partial charge in [-0.25, -0.2) is 0 Å². The molecule has 28 heavy (non-hydrogen) atoms. The van der Waals surface area contributed by atoms with Crippen molar-refractivity contribution in [1.82, 2.24) is 4.90 Å². The Morgan fingerprint density at radius 1 is 1.14 bits per heavy atom. The zero-order valence-corrected chi connectivity index (χ0v) is 17.0. The molecular formula is C22H21BrN2O3. The second kappa shape index (κ2) is 7.01. The summed E-state index contributed by atoms with van der Waals surface area (Å²) in [5, 5.41) is 0. The van der Waals surface area contributed by atoms with Gasteiger partial charge in [-0.2, -0.15) is 4.99 Å². The highest BCUT2D eigenvalue weighted by atomic mass is 79.9. The molecule has 0 bridgehead atoms. The van der Waals surface area contributed by atoms with Crippen molar-refractivity contribution in [1.29, 1.82) is 0 Å². The lowest BCUT2D eigenvalue weighted by Gasteiger charge is -2.39. The second-order valence-corrected chi connectivity index (χ2v) is 8.52. The van der Waals surface area contributed by atoms with E-state index in [2.05, 4.69) is 44.0 Å². The van der Waals surface area contributed by atoms with Gasteiger partial charge >= 0.3 is 0 Å². The molecular weight excluding hydrogens is 420 g/mol. The fraction of sp³-hybridized carbons (Fsp3) is 0.364. The zero-order valence-electron chi connectivity index (χ0n) is 15.4. The Labute approximate surface area is 172 Å². The zero-order chi connectivity index (χ0) is 19.1. The number of halogens is 1. The molecule has 0 radical (unpaired) electrons. The van der Waals surface area contributed by atoms with Gasteiger partial charge in [0.1, 0.15) is 0 Å². The molecule has 2 aromatic carbocycles. The van der Waals surface area contributed by atoms with Crippen molar-refractivity contribution in [2.75, 3.05) is 13.1 Å². The second-order valence-electron chi connectivity index (χ2n) is 7.60. The van der Waals surface area contributed by atoms with Gasteiger partial charge in [0.05, 0.1) is 12.2 Å². The Morgan fingerprint density at radius 3 is 2.71 bits per heavy atom. The van der Waals surface area contributed by atoms with Crippen molar-refractivity contribution >= 4 is 27.9 Å². The quantitative estimate of drug-likeness (QED) is 0.712. The first-order valence-electron chi connectivity index (χ1n) is 9.64. The van der Waals surface area contributed by atoms with Crippen LogP contribution in [0.25, 0.3) is 0 Å². The monoisotopic (exact) mass is 440 g/mol. The van der Waals surface area contributed by atoms with Crippen molar-refractivity contribution in [2.24, 2.45) is 4.99 Å². The standard InChI is InChI=1S/C22H21BrN2O3/c23-17-6-7-18-16(13-17)14-27-22(18)8-10-25(11-9-22)21-24-20(26)19(28-21)12-15-4-2-1-3-5-15/h1-7,13,19H,8-12,14H2. The molecule has 2 aromatic rings. The number of nitrogens with zero attached hydrogens (tertiary/aromatic N) is 2. The van der Waals surface area contributed by atoms with E-state index in [1.54, 1.807) is 0 Å². The largest absolute Gasteiger partial charge is 0.451 e. The molecule has 1 amide bonds. The summed E-state index contributed by atoms with van der Waals surface area (Å²) in [5.74, 6) is -0.188. The summed E-state index contributed by atoms with van der Waals surface area (Å²) >= 11 is 3.54. The molecule has 6 heteroatoms. The fourth-order valence-corrected chi connectivity index (χ4v) is 4.77. The van der Waals surface area contributed by atoms with Crippen LogP contribution in [0.15, 0.2) is 58.0 Å². The maximum atomic E-state index is 12.3. The predicted octanol–water partition coefficient (Wildman–Crippen LogP) is 3.79. The number of ether oxygens (including phenoxy) is 2. The van der Waals surface area contributed by atoms with Gasteiger partial charge in [-0.15, -0.1) is 0 Å². The highest BCUT2D eigenvalue weighted by Crippen LogP contribution is 2.45. The van der Waals surface area contributed by atoms with E-state index in [0.717, 1.165) is 36.0 Å². The summed E-state index contributed by atoms with van der Waals surface area (Å²) in [6, 6.07) is 16.8. The topological polar surface area (TPSA) is 51.1 Å².